The van der Waals surface area contributed by atoms with Gasteiger partial charge < -0.3 is 19.1 Å². The molecule has 1 saturated carbocycles. The first-order valence-electron chi connectivity index (χ1n) is 9.21. The average molecular weight is 355 g/mol. The number of aliphatic hydroxyl groups is 1. The molecule has 1 aliphatic heterocycles. The molecular weight excluding hydrogens is 330 g/mol. The van der Waals surface area contributed by atoms with Gasteiger partial charge in [0, 0.05) is 30.9 Å². The van der Waals surface area contributed by atoms with Crippen LogP contribution in [0.1, 0.15) is 49.1 Å². The standard InChI is InChI=1S/C20H25N3O3/c1-4-26-18-10-13-14-9-12(24)5-6-16(14)22-19(15(13)11-17(18)25-3)20-21-7-8-23(20)2/h7-8,10-12,14,16,24H,4-6,9H2,1-3H3. The van der Waals surface area contributed by atoms with Gasteiger partial charge in [-0.3, -0.25) is 4.99 Å². The first-order valence-corrected chi connectivity index (χ1v) is 9.21. The van der Waals surface area contributed by atoms with E-state index in [4.69, 9.17) is 14.5 Å². The molecule has 4 rings (SSSR count). The number of fused-ring (bicyclic) bond motifs is 3. The van der Waals surface area contributed by atoms with E-state index in [0.29, 0.717) is 12.4 Å². The predicted molar refractivity (Wildman–Crippen MR) is 99.4 cm³/mol. The molecule has 3 unspecified atom stereocenters. The molecule has 0 spiro atoms. The van der Waals surface area contributed by atoms with Gasteiger partial charge in [-0.05, 0) is 43.9 Å². The van der Waals surface area contributed by atoms with Crippen molar-refractivity contribution in [3.63, 3.8) is 0 Å². The molecule has 138 valence electrons. The molecule has 6 heteroatoms. The maximum Gasteiger partial charge on any atom is 0.161 e. The second-order valence-corrected chi connectivity index (χ2v) is 7.00. The summed E-state index contributed by atoms with van der Waals surface area (Å²) in [7, 11) is 3.63. The fourth-order valence-corrected chi connectivity index (χ4v) is 4.14. The van der Waals surface area contributed by atoms with E-state index in [0.717, 1.165) is 42.1 Å². The number of nitrogens with zero attached hydrogens (tertiary/aromatic N) is 3. The van der Waals surface area contributed by atoms with Crippen LogP contribution in [-0.4, -0.2) is 46.2 Å². The summed E-state index contributed by atoms with van der Waals surface area (Å²) >= 11 is 0. The summed E-state index contributed by atoms with van der Waals surface area (Å²) in [6.45, 7) is 2.54. The Balaban J connectivity index is 1.90. The molecule has 2 aromatic rings. The summed E-state index contributed by atoms with van der Waals surface area (Å²) in [4.78, 5) is 9.58. The van der Waals surface area contributed by atoms with Crippen molar-refractivity contribution in [2.75, 3.05) is 13.7 Å². The highest BCUT2D eigenvalue weighted by Crippen LogP contribution is 2.44. The summed E-state index contributed by atoms with van der Waals surface area (Å²) in [5.41, 5.74) is 3.09. The third-order valence-electron chi connectivity index (χ3n) is 5.40. The van der Waals surface area contributed by atoms with Gasteiger partial charge in [0.25, 0.3) is 0 Å². The zero-order valence-electron chi connectivity index (χ0n) is 15.5. The Bertz CT molecular complexity index is 843. The first-order chi connectivity index (χ1) is 12.6. The smallest absolute Gasteiger partial charge is 0.161 e. The molecule has 2 heterocycles. The Hall–Kier alpha value is -2.34. The van der Waals surface area contributed by atoms with Crippen LogP contribution in [0, 0.1) is 0 Å². The van der Waals surface area contributed by atoms with Crippen molar-refractivity contribution in [3.8, 4) is 11.5 Å². The van der Waals surface area contributed by atoms with E-state index in [1.54, 1.807) is 13.3 Å². The second kappa shape index (κ2) is 6.76. The van der Waals surface area contributed by atoms with Crippen LogP contribution in [0.25, 0.3) is 0 Å². The van der Waals surface area contributed by atoms with Gasteiger partial charge in [0.1, 0.15) is 5.71 Å². The van der Waals surface area contributed by atoms with E-state index in [9.17, 15) is 5.11 Å². The summed E-state index contributed by atoms with van der Waals surface area (Å²) in [5.74, 6) is 2.49. The van der Waals surface area contributed by atoms with E-state index < -0.39 is 0 Å². The number of hydrogen-bond acceptors (Lipinski definition) is 5. The molecule has 6 nitrogen and oxygen atoms in total. The number of ether oxygens (including phenoxy) is 2. The third-order valence-corrected chi connectivity index (χ3v) is 5.40. The third kappa shape index (κ3) is 2.78. The number of imidazole rings is 1. The fourth-order valence-electron chi connectivity index (χ4n) is 4.14. The summed E-state index contributed by atoms with van der Waals surface area (Å²) in [5, 5.41) is 10.2. The van der Waals surface area contributed by atoms with Gasteiger partial charge in [0.15, 0.2) is 17.3 Å². The van der Waals surface area contributed by atoms with Crippen molar-refractivity contribution in [3.05, 3.63) is 41.5 Å². The fraction of sp³-hybridized carbons (Fsp3) is 0.500. The Kier molecular flexibility index (Phi) is 4.44. The topological polar surface area (TPSA) is 68.9 Å². The van der Waals surface area contributed by atoms with Crippen molar-refractivity contribution in [1.29, 1.82) is 0 Å². The largest absolute Gasteiger partial charge is 0.493 e. The van der Waals surface area contributed by atoms with Crippen molar-refractivity contribution < 1.29 is 14.6 Å². The number of benzene rings is 1. The van der Waals surface area contributed by atoms with Crippen LogP contribution in [0.3, 0.4) is 0 Å². The van der Waals surface area contributed by atoms with Crippen LogP contribution in [0.2, 0.25) is 0 Å². The van der Waals surface area contributed by atoms with Gasteiger partial charge in [-0.25, -0.2) is 4.98 Å². The Labute approximate surface area is 153 Å². The molecule has 1 aliphatic carbocycles. The first kappa shape index (κ1) is 17.1. The van der Waals surface area contributed by atoms with Crippen LogP contribution >= 0.6 is 0 Å². The van der Waals surface area contributed by atoms with E-state index in [-0.39, 0.29) is 18.1 Å². The minimum Gasteiger partial charge on any atom is -0.493 e. The molecule has 1 fully saturated rings. The summed E-state index contributed by atoms with van der Waals surface area (Å²) in [6.07, 6.45) is 5.86. The number of aliphatic imine (C=N–C) groups is 1. The van der Waals surface area contributed by atoms with Crippen LogP contribution in [0.15, 0.2) is 29.5 Å². The zero-order chi connectivity index (χ0) is 18.3. The van der Waals surface area contributed by atoms with Gasteiger partial charge in [-0.2, -0.15) is 0 Å². The second-order valence-electron chi connectivity index (χ2n) is 7.00. The van der Waals surface area contributed by atoms with Crippen molar-refractivity contribution in [1.82, 2.24) is 9.55 Å². The maximum atomic E-state index is 10.2. The van der Waals surface area contributed by atoms with E-state index >= 15 is 0 Å². The van der Waals surface area contributed by atoms with Gasteiger partial charge in [-0.15, -0.1) is 0 Å². The van der Waals surface area contributed by atoms with Crippen LogP contribution in [-0.2, 0) is 7.05 Å². The monoisotopic (exact) mass is 355 g/mol. The number of methoxy groups -OCH3 is 1. The molecule has 2 aliphatic rings. The number of hydrogen-bond donors (Lipinski definition) is 1. The lowest BCUT2D eigenvalue weighted by atomic mass is 9.74. The van der Waals surface area contributed by atoms with E-state index in [1.807, 2.05) is 30.8 Å². The molecule has 1 aromatic heterocycles. The molecular formula is C20H25N3O3. The van der Waals surface area contributed by atoms with Crippen molar-refractivity contribution in [2.24, 2.45) is 12.0 Å². The molecule has 1 aromatic carbocycles. The van der Waals surface area contributed by atoms with Crippen molar-refractivity contribution >= 4 is 5.71 Å². The number of aryl methyl sites for hydroxylation is 1. The van der Waals surface area contributed by atoms with Gasteiger partial charge in [0.2, 0.25) is 0 Å². The number of aromatic nitrogens is 2. The predicted octanol–water partition coefficient (Wildman–Crippen LogP) is 2.68. The molecule has 1 N–H and O–H groups in total. The molecule has 0 radical (unpaired) electrons. The summed E-state index contributed by atoms with van der Waals surface area (Å²) in [6, 6.07) is 4.25. The Morgan fingerprint density at radius 2 is 2.12 bits per heavy atom. The van der Waals surface area contributed by atoms with Crippen LogP contribution in [0.4, 0.5) is 0 Å². The Morgan fingerprint density at radius 3 is 2.81 bits per heavy atom. The van der Waals surface area contributed by atoms with Gasteiger partial charge in [0.05, 0.1) is 25.9 Å². The van der Waals surface area contributed by atoms with E-state index in [2.05, 4.69) is 11.1 Å². The lowest BCUT2D eigenvalue weighted by molar-refractivity contribution is 0.111. The molecule has 26 heavy (non-hydrogen) atoms. The molecule has 0 bridgehead atoms. The number of aliphatic hydroxyl groups excluding tert-OH is 1. The highest BCUT2D eigenvalue weighted by molar-refractivity contribution is 6.13. The number of rotatable bonds is 4. The SMILES string of the molecule is CCOc1cc2c(cc1OC)C(c1nccn1C)=NC1CCC(O)CC21. The Morgan fingerprint density at radius 1 is 1.27 bits per heavy atom. The van der Waals surface area contributed by atoms with Crippen LogP contribution < -0.4 is 9.47 Å². The quantitative estimate of drug-likeness (QED) is 0.915. The lowest BCUT2D eigenvalue weighted by Gasteiger charge is -2.37. The van der Waals surface area contributed by atoms with Crippen LogP contribution in [0.5, 0.6) is 11.5 Å². The zero-order valence-corrected chi connectivity index (χ0v) is 15.5. The summed E-state index contributed by atoms with van der Waals surface area (Å²) < 4.78 is 13.4. The molecule has 3 atom stereocenters. The minimum absolute atomic E-state index is 0.167. The lowest BCUT2D eigenvalue weighted by Crippen LogP contribution is -2.35. The molecule has 0 saturated heterocycles. The minimum atomic E-state index is -0.272. The van der Waals surface area contributed by atoms with Gasteiger partial charge >= 0.3 is 0 Å². The normalized spacial score (nSPS) is 24.5. The highest BCUT2D eigenvalue weighted by Gasteiger charge is 2.38. The highest BCUT2D eigenvalue weighted by atomic mass is 16.5. The molecule has 0 amide bonds. The van der Waals surface area contributed by atoms with Crippen molar-refractivity contribution in [2.45, 2.75) is 44.2 Å². The van der Waals surface area contributed by atoms with Gasteiger partial charge in [-0.1, -0.05) is 0 Å². The maximum absolute atomic E-state index is 10.2. The van der Waals surface area contributed by atoms with E-state index in [1.165, 1.54) is 5.56 Å². The average Bonchev–Trinajstić information content (AvgIpc) is 3.07.